The van der Waals surface area contributed by atoms with Gasteiger partial charge in [-0.2, -0.15) is 0 Å². The van der Waals surface area contributed by atoms with Gasteiger partial charge in [-0.1, -0.05) is 6.42 Å². The van der Waals surface area contributed by atoms with Crippen LogP contribution in [0.2, 0.25) is 0 Å². The van der Waals surface area contributed by atoms with Gasteiger partial charge in [0.1, 0.15) is 0 Å². The van der Waals surface area contributed by atoms with Crippen molar-refractivity contribution in [3.63, 3.8) is 0 Å². The summed E-state index contributed by atoms with van der Waals surface area (Å²) in [6.07, 6.45) is 4.13. The van der Waals surface area contributed by atoms with E-state index in [1.165, 1.54) is 0 Å². The minimum absolute atomic E-state index is 0.00176. The maximum absolute atomic E-state index is 12.5. The summed E-state index contributed by atoms with van der Waals surface area (Å²) >= 11 is 0. The SMILES string of the molecule is NC(=O)[C@@H]1CCCN(C(=O)[C@H]2CCC[C@H](C(=O)O)C2)C1. The van der Waals surface area contributed by atoms with E-state index in [4.69, 9.17) is 10.8 Å². The average molecular weight is 282 g/mol. The number of carboxylic acid groups (broad SMARTS) is 1. The lowest BCUT2D eigenvalue weighted by atomic mass is 9.80. The van der Waals surface area contributed by atoms with Crippen molar-refractivity contribution >= 4 is 17.8 Å². The van der Waals surface area contributed by atoms with Crippen LogP contribution in [0.4, 0.5) is 0 Å². The van der Waals surface area contributed by atoms with E-state index in [-0.39, 0.29) is 23.7 Å². The minimum Gasteiger partial charge on any atom is -0.481 e. The van der Waals surface area contributed by atoms with E-state index in [1.807, 2.05) is 0 Å². The van der Waals surface area contributed by atoms with Gasteiger partial charge in [0.15, 0.2) is 0 Å². The molecule has 0 aromatic rings. The smallest absolute Gasteiger partial charge is 0.306 e. The highest BCUT2D eigenvalue weighted by molar-refractivity contribution is 5.82. The number of carboxylic acids is 1. The van der Waals surface area contributed by atoms with Crippen molar-refractivity contribution in [2.75, 3.05) is 13.1 Å². The lowest BCUT2D eigenvalue weighted by molar-refractivity contribution is -0.146. The monoisotopic (exact) mass is 282 g/mol. The van der Waals surface area contributed by atoms with Crippen LogP contribution in [0.1, 0.15) is 38.5 Å². The molecule has 3 atom stereocenters. The summed E-state index contributed by atoms with van der Waals surface area (Å²) in [4.78, 5) is 36.5. The van der Waals surface area contributed by atoms with Crippen molar-refractivity contribution in [3.8, 4) is 0 Å². The van der Waals surface area contributed by atoms with Crippen LogP contribution in [0, 0.1) is 17.8 Å². The molecule has 3 N–H and O–H groups in total. The molecule has 0 aromatic carbocycles. The lowest BCUT2D eigenvalue weighted by Crippen LogP contribution is -2.47. The van der Waals surface area contributed by atoms with Crippen molar-refractivity contribution in [2.45, 2.75) is 38.5 Å². The first-order valence-electron chi connectivity index (χ1n) is 7.30. The standard InChI is InChI=1S/C14H22N2O4/c15-12(17)11-5-2-6-16(8-11)13(18)9-3-1-4-10(7-9)14(19)20/h9-11H,1-8H2,(H2,15,17)(H,19,20)/t9-,10-,11+/m0/s1. The Kier molecular flexibility index (Phi) is 4.62. The summed E-state index contributed by atoms with van der Waals surface area (Å²) in [6, 6.07) is 0. The van der Waals surface area contributed by atoms with Crippen LogP contribution >= 0.6 is 0 Å². The Labute approximate surface area is 118 Å². The molecule has 1 aliphatic heterocycles. The summed E-state index contributed by atoms with van der Waals surface area (Å²) in [7, 11) is 0. The van der Waals surface area contributed by atoms with Gasteiger partial charge in [0.25, 0.3) is 0 Å². The summed E-state index contributed by atoms with van der Waals surface area (Å²) < 4.78 is 0. The number of hydrogen-bond donors (Lipinski definition) is 2. The molecule has 0 unspecified atom stereocenters. The van der Waals surface area contributed by atoms with Gasteiger partial charge >= 0.3 is 5.97 Å². The molecule has 2 aliphatic rings. The molecule has 0 radical (unpaired) electrons. The zero-order valence-electron chi connectivity index (χ0n) is 11.6. The Hall–Kier alpha value is -1.59. The van der Waals surface area contributed by atoms with Crippen LogP contribution in [0.3, 0.4) is 0 Å². The molecule has 6 heteroatoms. The highest BCUT2D eigenvalue weighted by atomic mass is 16.4. The molecule has 2 amide bonds. The van der Waals surface area contributed by atoms with E-state index in [0.717, 1.165) is 25.7 Å². The van der Waals surface area contributed by atoms with Gasteiger partial charge in [0.2, 0.25) is 11.8 Å². The third-order valence-corrected chi connectivity index (χ3v) is 4.51. The van der Waals surface area contributed by atoms with Crippen molar-refractivity contribution in [1.82, 2.24) is 4.90 Å². The fraction of sp³-hybridized carbons (Fsp3) is 0.786. The topological polar surface area (TPSA) is 101 Å². The number of hydrogen-bond acceptors (Lipinski definition) is 3. The number of rotatable bonds is 3. The van der Waals surface area contributed by atoms with E-state index in [2.05, 4.69) is 0 Å². The second kappa shape index (κ2) is 6.24. The highest BCUT2D eigenvalue weighted by Gasteiger charge is 2.35. The quantitative estimate of drug-likeness (QED) is 0.791. The van der Waals surface area contributed by atoms with Gasteiger partial charge in [-0.15, -0.1) is 0 Å². The molecule has 1 saturated heterocycles. The summed E-state index contributed by atoms with van der Waals surface area (Å²) in [5.41, 5.74) is 5.32. The molecule has 112 valence electrons. The number of carbonyl (C=O) groups excluding carboxylic acids is 2. The molecule has 2 fully saturated rings. The Bertz CT molecular complexity index is 374. The average Bonchev–Trinajstić information content (AvgIpc) is 2.46. The number of nitrogens with two attached hydrogens (primary N) is 1. The maximum Gasteiger partial charge on any atom is 0.306 e. The van der Waals surface area contributed by atoms with Crippen molar-refractivity contribution in [2.24, 2.45) is 23.5 Å². The Morgan fingerprint density at radius 2 is 1.65 bits per heavy atom. The number of likely N-dealkylation sites (tertiary alicyclic amines) is 1. The number of aliphatic carboxylic acids is 1. The molecule has 6 nitrogen and oxygen atoms in total. The summed E-state index contributed by atoms with van der Waals surface area (Å²) in [5, 5.41) is 9.08. The zero-order valence-corrected chi connectivity index (χ0v) is 11.6. The normalized spacial score (nSPS) is 30.8. The molecular formula is C14H22N2O4. The van der Waals surface area contributed by atoms with Crippen LogP contribution in [0.5, 0.6) is 0 Å². The fourth-order valence-corrected chi connectivity index (χ4v) is 3.31. The largest absolute Gasteiger partial charge is 0.481 e. The van der Waals surface area contributed by atoms with E-state index >= 15 is 0 Å². The molecule has 2 rings (SSSR count). The van der Waals surface area contributed by atoms with Crippen molar-refractivity contribution < 1.29 is 19.5 Å². The Morgan fingerprint density at radius 1 is 1.00 bits per heavy atom. The zero-order chi connectivity index (χ0) is 14.7. The molecule has 1 saturated carbocycles. The number of nitrogens with zero attached hydrogens (tertiary/aromatic N) is 1. The number of piperidine rings is 1. The van der Waals surface area contributed by atoms with E-state index in [1.54, 1.807) is 4.90 Å². The Morgan fingerprint density at radius 3 is 2.30 bits per heavy atom. The van der Waals surface area contributed by atoms with Gasteiger partial charge in [-0.05, 0) is 32.1 Å². The molecular weight excluding hydrogens is 260 g/mol. The van der Waals surface area contributed by atoms with Crippen LogP contribution in [-0.4, -0.2) is 40.9 Å². The van der Waals surface area contributed by atoms with Gasteiger partial charge < -0.3 is 15.7 Å². The minimum atomic E-state index is -0.809. The first-order chi connectivity index (χ1) is 9.49. The molecule has 1 aliphatic carbocycles. The highest BCUT2D eigenvalue weighted by Crippen LogP contribution is 2.31. The summed E-state index contributed by atoms with van der Waals surface area (Å²) in [6.45, 7) is 1.04. The van der Waals surface area contributed by atoms with Crippen molar-refractivity contribution in [3.05, 3.63) is 0 Å². The van der Waals surface area contributed by atoms with E-state index in [9.17, 15) is 14.4 Å². The van der Waals surface area contributed by atoms with Gasteiger partial charge in [-0.25, -0.2) is 0 Å². The number of amides is 2. The van der Waals surface area contributed by atoms with E-state index in [0.29, 0.717) is 25.9 Å². The number of primary amides is 1. The number of carbonyl (C=O) groups is 3. The van der Waals surface area contributed by atoms with Gasteiger partial charge in [0, 0.05) is 19.0 Å². The predicted molar refractivity (Wildman–Crippen MR) is 71.6 cm³/mol. The van der Waals surface area contributed by atoms with Crippen LogP contribution in [0.15, 0.2) is 0 Å². The van der Waals surface area contributed by atoms with Crippen LogP contribution in [0.25, 0.3) is 0 Å². The molecule has 0 bridgehead atoms. The van der Waals surface area contributed by atoms with Crippen molar-refractivity contribution in [1.29, 1.82) is 0 Å². The Balaban J connectivity index is 1.96. The third kappa shape index (κ3) is 3.29. The molecule has 0 spiro atoms. The predicted octanol–water partition coefficient (Wildman–Crippen LogP) is 0.601. The second-order valence-electron chi connectivity index (χ2n) is 5.92. The molecule has 1 heterocycles. The second-order valence-corrected chi connectivity index (χ2v) is 5.92. The van der Waals surface area contributed by atoms with Crippen LogP contribution in [-0.2, 0) is 14.4 Å². The summed E-state index contributed by atoms with van der Waals surface area (Å²) in [5.74, 6) is -2.04. The van der Waals surface area contributed by atoms with Gasteiger partial charge in [0.05, 0.1) is 11.8 Å². The van der Waals surface area contributed by atoms with Crippen LogP contribution < -0.4 is 5.73 Å². The van der Waals surface area contributed by atoms with E-state index < -0.39 is 11.9 Å². The fourth-order valence-electron chi connectivity index (χ4n) is 3.31. The maximum atomic E-state index is 12.5. The van der Waals surface area contributed by atoms with Gasteiger partial charge in [-0.3, -0.25) is 14.4 Å². The lowest BCUT2D eigenvalue weighted by Gasteiger charge is -2.35. The first kappa shape index (κ1) is 14.8. The molecule has 20 heavy (non-hydrogen) atoms. The molecule has 0 aromatic heterocycles. The third-order valence-electron chi connectivity index (χ3n) is 4.51. The first-order valence-corrected chi connectivity index (χ1v) is 7.30.